The molecule has 2 aromatic carbocycles. The van der Waals surface area contributed by atoms with Crippen molar-refractivity contribution in [2.45, 2.75) is 20.5 Å². The number of esters is 2. The Morgan fingerprint density at radius 1 is 0.893 bits per heavy atom. The number of ether oxygens (including phenoxy) is 3. The Labute approximate surface area is 173 Å². The summed E-state index contributed by atoms with van der Waals surface area (Å²) in [6, 6.07) is 12.1. The first-order chi connectivity index (χ1) is 13.5. The molecule has 0 saturated heterocycles. The van der Waals surface area contributed by atoms with Crippen LogP contribution in [0.2, 0.25) is 10.0 Å². The summed E-state index contributed by atoms with van der Waals surface area (Å²) in [5, 5.41) is 1.06. The van der Waals surface area contributed by atoms with Crippen molar-refractivity contribution in [2.75, 3.05) is 13.2 Å². The lowest BCUT2D eigenvalue weighted by molar-refractivity contribution is -0.146. The molecule has 0 amide bonds. The topological polar surface area (TPSA) is 61.8 Å². The standard InChI is InChI=1S/C21H20Cl2O5/c1-3-26-20(24)16(21(25)27-4-2)12-14-8-10-15(11-9-14)28-13-17-18(22)6-5-7-19(17)23/h5-12H,3-4,13H2,1-2H3. The van der Waals surface area contributed by atoms with Gasteiger partial charge in [-0.15, -0.1) is 0 Å². The van der Waals surface area contributed by atoms with E-state index in [1.807, 2.05) is 0 Å². The quantitative estimate of drug-likeness (QED) is 0.256. The summed E-state index contributed by atoms with van der Waals surface area (Å²) < 4.78 is 15.6. The smallest absolute Gasteiger partial charge is 0.345 e. The monoisotopic (exact) mass is 422 g/mol. The zero-order chi connectivity index (χ0) is 20.5. The van der Waals surface area contributed by atoms with E-state index in [-0.39, 0.29) is 25.4 Å². The van der Waals surface area contributed by atoms with Crippen molar-refractivity contribution in [3.8, 4) is 5.75 Å². The molecule has 28 heavy (non-hydrogen) atoms. The van der Waals surface area contributed by atoms with Crippen molar-refractivity contribution in [2.24, 2.45) is 0 Å². The molecule has 5 nitrogen and oxygen atoms in total. The van der Waals surface area contributed by atoms with Crippen LogP contribution < -0.4 is 4.74 Å². The molecule has 0 aliphatic rings. The lowest BCUT2D eigenvalue weighted by Crippen LogP contribution is -2.18. The first kappa shape index (κ1) is 21.8. The molecule has 0 unspecified atom stereocenters. The summed E-state index contributed by atoms with van der Waals surface area (Å²) in [6.07, 6.45) is 1.42. The minimum atomic E-state index is -0.727. The highest BCUT2D eigenvalue weighted by atomic mass is 35.5. The first-order valence-corrected chi connectivity index (χ1v) is 9.43. The van der Waals surface area contributed by atoms with E-state index in [4.69, 9.17) is 37.4 Å². The Hall–Kier alpha value is -2.50. The van der Waals surface area contributed by atoms with Crippen LogP contribution >= 0.6 is 23.2 Å². The second-order valence-electron chi connectivity index (χ2n) is 5.56. The maximum atomic E-state index is 12.0. The van der Waals surface area contributed by atoms with Crippen LogP contribution in [0.15, 0.2) is 48.0 Å². The van der Waals surface area contributed by atoms with Crippen LogP contribution in [0.1, 0.15) is 25.0 Å². The molecule has 0 aliphatic heterocycles. The summed E-state index contributed by atoms with van der Waals surface area (Å²) in [7, 11) is 0. The predicted molar refractivity (Wildman–Crippen MR) is 108 cm³/mol. The Morgan fingerprint density at radius 2 is 1.43 bits per heavy atom. The molecule has 7 heteroatoms. The van der Waals surface area contributed by atoms with E-state index < -0.39 is 11.9 Å². The molecule has 0 N–H and O–H groups in total. The van der Waals surface area contributed by atoms with Gasteiger partial charge in [-0.25, -0.2) is 9.59 Å². The SMILES string of the molecule is CCOC(=O)C(=Cc1ccc(OCc2c(Cl)cccc2Cl)cc1)C(=O)OCC. The second kappa shape index (κ2) is 10.7. The second-order valence-corrected chi connectivity index (χ2v) is 6.37. The zero-order valence-corrected chi connectivity index (χ0v) is 17.0. The minimum Gasteiger partial charge on any atom is -0.489 e. The molecule has 0 bridgehead atoms. The van der Waals surface area contributed by atoms with Crippen LogP contribution in [0, 0.1) is 0 Å². The van der Waals surface area contributed by atoms with Crippen LogP contribution in [0.5, 0.6) is 5.75 Å². The van der Waals surface area contributed by atoms with E-state index in [1.165, 1.54) is 6.08 Å². The number of hydrogen-bond donors (Lipinski definition) is 0. The average Bonchev–Trinajstić information content (AvgIpc) is 2.67. The lowest BCUT2D eigenvalue weighted by atomic mass is 10.1. The number of rotatable bonds is 8. The third-order valence-electron chi connectivity index (χ3n) is 3.63. The molecular formula is C21H20Cl2O5. The highest BCUT2D eigenvalue weighted by Crippen LogP contribution is 2.26. The van der Waals surface area contributed by atoms with Crippen molar-refractivity contribution in [1.29, 1.82) is 0 Å². The van der Waals surface area contributed by atoms with Crippen molar-refractivity contribution in [1.82, 2.24) is 0 Å². The highest BCUT2D eigenvalue weighted by Gasteiger charge is 2.20. The molecule has 0 heterocycles. The number of carbonyl (C=O) groups excluding carboxylic acids is 2. The minimum absolute atomic E-state index is 0.160. The summed E-state index contributed by atoms with van der Waals surface area (Å²) in [5.41, 5.74) is 1.15. The molecule has 0 spiro atoms. The Bertz CT molecular complexity index is 819. The third kappa shape index (κ3) is 6.01. The van der Waals surface area contributed by atoms with Gasteiger partial charge in [0.2, 0.25) is 0 Å². The normalized spacial score (nSPS) is 10.1. The van der Waals surface area contributed by atoms with Gasteiger partial charge < -0.3 is 14.2 Å². The summed E-state index contributed by atoms with van der Waals surface area (Å²) in [5.74, 6) is -0.869. The maximum absolute atomic E-state index is 12.0. The third-order valence-corrected chi connectivity index (χ3v) is 4.33. The van der Waals surface area contributed by atoms with Gasteiger partial charge in [0.25, 0.3) is 0 Å². The van der Waals surface area contributed by atoms with E-state index in [0.717, 1.165) is 0 Å². The van der Waals surface area contributed by atoms with Crippen LogP contribution in [0.3, 0.4) is 0 Å². The largest absolute Gasteiger partial charge is 0.489 e. The van der Waals surface area contributed by atoms with Crippen LogP contribution in [-0.4, -0.2) is 25.2 Å². The van der Waals surface area contributed by atoms with Crippen molar-refractivity contribution in [3.63, 3.8) is 0 Å². The molecule has 0 saturated carbocycles. The number of carbonyl (C=O) groups is 2. The molecule has 0 fully saturated rings. The number of hydrogen-bond acceptors (Lipinski definition) is 5. The molecule has 0 aliphatic carbocycles. The van der Waals surface area contributed by atoms with Gasteiger partial charge in [0.05, 0.1) is 13.2 Å². The summed E-state index contributed by atoms with van der Waals surface area (Å²) in [6.45, 7) is 3.86. The summed E-state index contributed by atoms with van der Waals surface area (Å²) in [4.78, 5) is 24.0. The highest BCUT2D eigenvalue weighted by molar-refractivity contribution is 6.35. The fourth-order valence-corrected chi connectivity index (χ4v) is 2.78. The summed E-state index contributed by atoms with van der Waals surface area (Å²) >= 11 is 12.3. The fourth-order valence-electron chi connectivity index (χ4n) is 2.27. The van der Waals surface area contributed by atoms with E-state index in [2.05, 4.69) is 0 Å². The van der Waals surface area contributed by atoms with Gasteiger partial charge in [0.15, 0.2) is 0 Å². The van der Waals surface area contributed by atoms with Crippen molar-refractivity contribution < 1.29 is 23.8 Å². The van der Waals surface area contributed by atoms with E-state index in [9.17, 15) is 9.59 Å². The Kier molecular flexibility index (Phi) is 8.36. The van der Waals surface area contributed by atoms with Gasteiger partial charge in [-0.1, -0.05) is 41.4 Å². The molecule has 148 valence electrons. The van der Waals surface area contributed by atoms with Crippen molar-refractivity contribution >= 4 is 41.2 Å². The number of halogens is 2. The van der Waals surface area contributed by atoms with Gasteiger partial charge in [-0.3, -0.25) is 0 Å². The van der Waals surface area contributed by atoms with Gasteiger partial charge in [-0.2, -0.15) is 0 Å². The zero-order valence-electron chi connectivity index (χ0n) is 15.5. The number of benzene rings is 2. The Balaban J connectivity index is 2.14. The molecular weight excluding hydrogens is 403 g/mol. The van der Waals surface area contributed by atoms with Crippen LogP contribution in [0.4, 0.5) is 0 Å². The van der Waals surface area contributed by atoms with E-state index in [0.29, 0.717) is 26.9 Å². The molecule has 0 atom stereocenters. The van der Waals surface area contributed by atoms with Gasteiger partial charge >= 0.3 is 11.9 Å². The average molecular weight is 423 g/mol. The fraction of sp³-hybridized carbons (Fsp3) is 0.238. The van der Waals surface area contributed by atoms with Gasteiger partial charge in [0.1, 0.15) is 17.9 Å². The molecule has 2 aromatic rings. The van der Waals surface area contributed by atoms with Crippen molar-refractivity contribution in [3.05, 3.63) is 69.2 Å². The van der Waals surface area contributed by atoms with Crippen LogP contribution in [0.25, 0.3) is 6.08 Å². The molecule has 2 rings (SSSR count). The van der Waals surface area contributed by atoms with E-state index >= 15 is 0 Å². The molecule has 0 aromatic heterocycles. The maximum Gasteiger partial charge on any atom is 0.345 e. The Morgan fingerprint density at radius 3 is 1.93 bits per heavy atom. The predicted octanol–water partition coefficient (Wildman–Crippen LogP) is 5.08. The van der Waals surface area contributed by atoms with Crippen LogP contribution in [-0.2, 0) is 25.7 Å². The van der Waals surface area contributed by atoms with E-state index in [1.54, 1.807) is 56.3 Å². The molecule has 0 radical (unpaired) electrons. The van der Waals surface area contributed by atoms with Gasteiger partial charge in [-0.05, 0) is 49.8 Å². The first-order valence-electron chi connectivity index (χ1n) is 8.68. The van der Waals surface area contributed by atoms with Gasteiger partial charge in [0, 0.05) is 15.6 Å². The lowest BCUT2D eigenvalue weighted by Gasteiger charge is -2.10.